The van der Waals surface area contributed by atoms with Crippen LogP contribution in [0.4, 0.5) is 5.69 Å². The topological polar surface area (TPSA) is 103 Å². The molecule has 0 saturated carbocycles. The lowest BCUT2D eigenvalue weighted by Crippen LogP contribution is -2.46. The molecule has 9 nitrogen and oxygen atoms in total. The van der Waals surface area contributed by atoms with Crippen LogP contribution in [0.2, 0.25) is 10.2 Å². The first-order valence-corrected chi connectivity index (χ1v) is 11.9. The molecule has 2 aromatic heterocycles. The molecule has 0 radical (unpaired) electrons. The van der Waals surface area contributed by atoms with E-state index < -0.39 is 5.69 Å². The average molecular weight is 505 g/mol. The van der Waals surface area contributed by atoms with Crippen molar-refractivity contribution in [2.45, 2.75) is 26.9 Å². The molecule has 4 rings (SSSR count). The number of benzene rings is 1. The van der Waals surface area contributed by atoms with Gasteiger partial charge in [0.05, 0.1) is 21.6 Å². The minimum absolute atomic E-state index is 0.246. The molecule has 3 heterocycles. The molecule has 1 saturated heterocycles. The van der Waals surface area contributed by atoms with E-state index in [-0.39, 0.29) is 18.0 Å². The molecule has 1 aliphatic heterocycles. The van der Waals surface area contributed by atoms with E-state index in [0.29, 0.717) is 39.9 Å². The van der Waals surface area contributed by atoms with Gasteiger partial charge in [-0.15, -0.1) is 0 Å². The Labute approximate surface area is 206 Å². The Morgan fingerprint density at radius 3 is 2.50 bits per heavy atom. The molecule has 0 spiro atoms. The first-order valence-electron chi connectivity index (χ1n) is 11.2. The van der Waals surface area contributed by atoms with Gasteiger partial charge in [-0.1, -0.05) is 23.2 Å². The van der Waals surface area contributed by atoms with Gasteiger partial charge in [-0.2, -0.15) is 0 Å². The monoisotopic (exact) mass is 504 g/mol. The van der Waals surface area contributed by atoms with Crippen LogP contribution in [0.3, 0.4) is 0 Å². The fraction of sp³-hybridized carbons (Fsp3) is 0.391. The molecule has 1 fully saturated rings. The summed E-state index contributed by atoms with van der Waals surface area (Å²) in [4.78, 5) is 48.2. The summed E-state index contributed by atoms with van der Waals surface area (Å²) in [6.07, 6.45) is 0. The second-order valence-electron chi connectivity index (χ2n) is 8.11. The van der Waals surface area contributed by atoms with Gasteiger partial charge in [-0.3, -0.25) is 19.1 Å². The van der Waals surface area contributed by atoms with Gasteiger partial charge >= 0.3 is 5.69 Å². The normalized spacial score (nSPS) is 14.5. The Bertz CT molecular complexity index is 1350. The van der Waals surface area contributed by atoms with Crippen LogP contribution in [-0.2, 0) is 13.1 Å². The third-order valence-corrected chi connectivity index (χ3v) is 6.51. The Morgan fingerprint density at radius 1 is 1.12 bits per heavy atom. The van der Waals surface area contributed by atoms with E-state index >= 15 is 0 Å². The molecule has 11 heteroatoms. The van der Waals surface area contributed by atoms with Crippen molar-refractivity contribution < 1.29 is 4.79 Å². The van der Waals surface area contributed by atoms with E-state index in [9.17, 15) is 14.4 Å². The quantitative estimate of drug-likeness (QED) is 0.499. The van der Waals surface area contributed by atoms with E-state index in [0.717, 1.165) is 42.0 Å². The highest BCUT2D eigenvalue weighted by atomic mass is 35.5. The summed E-state index contributed by atoms with van der Waals surface area (Å²) in [6.45, 7) is 8.05. The predicted molar refractivity (Wildman–Crippen MR) is 134 cm³/mol. The number of aromatic nitrogens is 3. The second-order valence-corrected chi connectivity index (χ2v) is 8.87. The molecular weight excluding hydrogens is 479 g/mol. The second kappa shape index (κ2) is 10.2. The van der Waals surface area contributed by atoms with Gasteiger partial charge in [0.15, 0.2) is 5.15 Å². The first-order chi connectivity index (χ1) is 16.3. The van der Waals surface area contributed by atoms with E-state index in [4.69, 9.17) is 23.2 Å². The lowest BCUT2D eigenvalue weighted by Gasteiger charge is -2.36. The summed E-state index contributed by atoms with van der Waals surface area (Å²) in [5, 5.41) is 3.68. The molecule has 2 N–H and O–H groups in total. The van der Waals surface area contributed by atoms with Crippen LogP contribution in [0.5, 0.6) is 0 Å². The highest BCUT2D eigenvalue weighted by Crippen LogP contribution is 2.26. The number of nitrogens with one attached hydrogen (secondary N) is 2. The fourth-order valence-electron chi connectivity index (χ4n) is 4.21. The van der Waals surface area contributed by atoms with Gasteiger partial charge in [0.2, 0.25) is 0 Å². The number of fused-ring (bicyclic) bond motifs is 1. The number of carbonyl (C=O) groups is 1. The number of halogens is 2. The molecule has 0 bridgehead atoms. The van der Waals surface area contributed by atoms with Crippen LogP contribution in [0.25, 0.3) is 10.9 Å². The Hall–Kier alpha value is -2.88. The van der Waals surface area contributed by atoms with Gasteiger partial charge in [-0.25, -0.2) is 9.78 Å². The van der Waals surface area contributed by atoms with Crippen molar-refractivity contribution in [1.29, 1.82) is 0 Å². The minimum atomic E-state index is -0.439. The standard InChI is InChI=1S/C23H26Cl2N6O3/c1-3-26-21(32)16-5-6-18(20(25)27-16)30-9-7-29(8-10-30)13-14-11-15(24)19-17(12-14)28-23(34)31(4-2)22(19)33/h5-6,11-12H,3-4,7-10,13H2,1-2H3,(H,26,32)(H,28,34). The van der Waals surface area contributed by atoms with Crippen LogP contribution in [-0.4, -0.2) is 58.1 Å². The maximum absolute atomic E-state index is 12.6. The van der Waals surface area contributed by atoms with Crippen LogP contribution < -0.4 is 21.5 Å². The van der Waals surface area contributed by atoms with Gasteiger partial charge in [-0.05, 0) is 43.7 Å². The van der Waals surface area contributed by atoms with Gasteiger partial charge in [0.25, 0.3) is 11.5 Å². The third-order valence-electron chi connectivity index (χ3n) is 5.93. The van der Waals surface area contributed by atoms with Crippen molar-refractivity contribution in [1.82, 2.24) is 24.8 Å². The molecular formula is C23H26Cl2N6O3. The number of nitrogens with zero attached hydrogens (tertiary/aromatic N) is 4. The maximum atomic E-state index is 12.6. The lowest BCUT2D eigenvalue weighted by atomic mass is 10.1. The van der Waals surface area contributed by atoms with Gasteiger partial charge in [0, 0.05) is 45.8 Å². The molecule has 1 aromatic carbocycles. The van der Waals surface area contributed by atoms with Crippen molar-refractivity contribution in [3.63, 3.8) is 0 Å². The van der Waals surface area contributed by atoms with Gasteiger partial charge in [0.1, 0.15) is 5.69 Å². The number of hydrogen-bond donors (Lipinski definition) is 2. The number of carbonyl (C=O) groups excluding carboxylic acids is 1. The van der Waals surface area contributed by atoms with Crippen molar-refractivity contribution in [2.24, 2.45) is 0 Å². The molecule has 3 aromatic rings. The fourth-order valence-corrected chi connectivity index (χ4v) is 4.81. The summed E-state index contributed by atoms with van der Waals surface area (Å²) < 4.78 is 1.13. The Balaban J connectivity index is 1.46. The SMILES string of the molecule is CCNC(=O)c1ccc(N2CCN(Cc3cc(Cl)c4c(=O)n(CC)c(=O)[nH]c4c3)CC2)c(Cl)n1. The average Bonchev–Trinajstić information content (AvgIpc) is 2.79. The van der Waals surface area contributed by atoms with Crippen LogP contribution >= 0.6 is 23.2 Å². The van der Waals surface area contributed by atoms with E-state index in [1.165, 1.54) is 0 Å². The zero-order valence-electron chi connectivity index (χ0n) is 19.0. The largest absolute Gasteiger partial charge is 0.366 e. The van der Waals surface area contributed by atoms with Crippen molar-refractivity contribution in [3.8, 4) is 0 Å². The highest BCUT2D eigenvalue weighted by molar-refractivity contribution is 6.35. The van der Waals surface area contributed by atoms with Crippen molar-refractivity contribution >= 4 is 45.7 Å². The summed E-state index contributed by atoms with van der Waals surface area (Å²) in [6, 6.07) is 7.12. The highest BCUT2D eigenvalue weighted by Gasteiger charge is 2.21. The number of aromatic amines is 1. The van der Waals surface area contributed by atoms with Crippen LogP contribution in [0.15, 0.2) is 33.9 Å². The molecule has 1 amide bonds. The number of piperazine rings is 1. The van der Waals surface area contributed by atoms with E-state index in [1.54, 1.807) is 19.1 Å². The third kappa shape index (κ3) is 4.82. The van der Waals surface area contributed by atoms with E-state index in [2.05, 4.69) is 25.1 Å². The number of rotatable bonds is 6. The zero-order valence-corrected chi connectivity index (χ0v) is 20.5. The summed E-state index contributed by atoms with van der Waals surface area (Å²) in [5.74, 6) is -0.246. The maximum Gasteiger partial charge on any atom is 0.328 e. The van der Waals surface area contributed by atoms with Crippen molar-refractivity contribution in [3.05, 3.63) is 66.5 Å². The van der Waals surface area contributed by atoms with Gasteiger partial charge < -0.3 is 15.2 Å². The zero-order chi connectivity index (χ0) is 24.4. The predicted octanol–water partition coefficient (Wildman–Crippen LogP) is 2.48. The number of amides is 1. The minimum Gasteiger partial charge on any atom is -0.366 e. The van der Waals surface area contributed by atoms with Crippen molar-refractivity contribution in [2.75, 3.05) is 37.6 Å². The molecule has 0 unspecified atom stereocenters. The number of hydrogen-bond acceptors (Lipinski definition) is 6. The molecule has 180 valence electrons. The smallest absolute Gasteiger partial charge is 0.328 e. The first kappa shape index (κ1) is 24.3. The summed E-state index contributed by atoms with van der Waals surface area (Å²) in [7, 11) is 0. The Morgan fingerprint density at radius 2 is 1.85 bits per heavy atom. The lowest BCUT2D eigenvalue weighted by molar-refractivity contribution is 0.0951. The number of pyridine rings is 1. The molecule has 34 heavy (non-hydrogen) atoms. The summed E-state index contributed by atoms with van der Waals surface area (Å²) in [5.41, 5.74) is 1.65. The van der Waals surface area contributed by atoms with E-state index in [1.807, 2.05) is 19.1 Å². The molecule has 0 aliphatic carbocycles. The molecule has 0 atom stereocenters. The molecule has 1 aliphatic rings. The van der Waals surface area contributed by atoms with Crippen LogP contribution in [0.1, 0.15) is 29.9 Å². The van der Waals surface area contributed by atoms with Crippen LogP contribution in [0, 0.1) is 0 Å². The number of H-pyrrole nitrogens is 1. The summed E-state index contributed by atoms with van der Waals surface area (Å²) >= 11 is 12.8. The number of anilines is 1. The Kier molecular flexibility index (Phi) is 7.25.